The van der Waals surface area contributed by atoms with Crippen molar-refractivity contribution in [1.82, 2.24) is 4.98 Å². The molecule has 3 rings (SSSR count). The lowest BCUT2D eigenvalue weighted by Gasteiger charge is -2.47. The number of allylic oxidation sites excluding steroid dienone is 2. The van der Waals surface area contributed by atoms with Gasteiger partial charge in [-0.3, -0.25) is 0 Å². The number of aliphatic hydroxyl groups is 1. The lowest BCUT2D eigenvalue weighted by Crippen LogP contribution is -2.56. The summed E-state index contributed by atoms with van der Waals surface area (Å²) in [7, 11) is 0. The summed E-state index contributed by atoms with van der Waals surface area (Å²) >= 11 is 0. The van der Waals surface area contributed by atoms with Crippen LogP contribution in [0, 0.1) is 5.92 Å². The van der Waals surface area contributed by atoms with Crippen LogP contribution < -0.4 is 15.0 Å². The van der Waals surface area contributed by atoms with E-state index in [0.717, 1.165) is 42.8 Å². The minimum Gasteiger partial charge on any atom is -0.406 e. The maximum atomic E-state index is 12.4. The van der Waals surface area contributed by atoms with E-state index in [2.05, 4.69) is 39.9 Å². The van der Waals surface area contributed by atoms with Crippen molar-refractivity contribution in [2.45, 2.75) is 52.5 Å². The van der Waals surface area contributed by atoms with Crippen molar-refractivity contribution in [3.63, 3.8) is 0 Å². The molecule has 1 aromatic heterocycles. The van der Waals surface area contributed by atoms with Crippen LogP contribution in [0.2, 0.25) is 0 Å². The topological polar surface area (TPSA) is 57.6 Å². The van der Waals surface area contributed by atoms with E-state index >= 15 is 0 Å². The fourth-order valence-corrected chi connectivity index (χ4v) is 3.79. The lowest BCUT2D eigenvalue weighted by molar-refractivity contribution is -0.274. The summed E-state index contributed by atoms with van der Waals surface area (Å²) in [6.45, 7) is 9.30. The second kappa shape index (κ2) is 9.40. The molecule has 0 amide bonds. The number of alkyl halides is 3. The van der Waals surface area contributed by atoms with E-state index in [1.807, 2.05) is 19.9 Å². The average molecular weight is 450 g/mol. The summed E-state index contributed by atoms with van der Waals surface area (Å²) in [4.78, 5) is 6.76. The summed E-state index contributed by atoms with van der Waals surface area (Å²) in [5.41, 5.74) is 3.01. The average Bonchev–Trinajstić information content (AvgIpc) is 2.65. The second-order valence-corrected chi connectivity index (χ2v) is 8.50. The predicted octanol–water partition coefficient (Wildman–Crippen LogP) is 6.13. The Morgan fingerprint density at radius 1 is 1.19 bits per heavy atom. The second-order valence-electron chi connectivity index (χ2n) is 8.50. The highest BCUT2D eigenvalue weighted by molar-refractivity contribution is 5.86. The van der Waals surface area contributed by atoms with Crippen LogP contribution in [0.3, 0.4) is 0 Å². The summed E-state index contributed by atoms with van der Waals surface area (Å²) in [6.07, 6.45) is 0.838. The maximum Gasteiger partial charge on any atom is 0.573 e. The Labute approximate surface area is 186 Å². The molecular weight excluding hydrogens is 419 g/mol. The predicted molar refractivity (Wildman–Crippen MR) is 121 cm³/mol. The van der Waals surface area contributed by atoms with E-state index in [-0.39, 0.29) is 11.7 Å². The van der Waals surface area contributed by atoms with Gasteiger partial charge in [-0.05, 0) is 62.6 Å². The largest absolute Gasteiger partial charge is 0.573 e. The first kappa shape index (κ1) is 23.9. The minimum absolute atomic E-state index is 0.182. The van der Waals surface area contributed by atoms with Crippen molar-refractivity contribution >= 4 is 22.8 Å². The number of nitrogens with zero attached hydrogens (tertiary/aromatic N) is 2. The van der Waals surface area contributed by atoms with Crippen LogP contribution >= 0.6 is 0 Å². The Morgan fingerprint density at radius 2 is 1.84 bits per heavy atom. The fraction of sp³-hybridized carbons (Fsp3) is 0.458. The standard InChI is InChI=1S/C24H30F3N3O2/c1-5-7-16(6-2)21-20(30-14-17(15-30)23(3,4)31)12-13-28-22(21)29-18-8-10-19(11-9-18)32-24(25,26)27/h7-13,17,31H,5-6,14-15H2,1-4H3,(H,28,29)/b16-7+. The normalized spacial score (nSPS) is 15.5. The lowest BCUT2D eigenvalue weighted by atomic mass is 9.83. The van der Waals surface area contributed by atoms with Crippen LogP contribution in [0.25, 0.3) is 5.57 Å². The molecule has 2 N–H and O–H groups in total. The zero-order chi connectivity index (χ0) is 23.5. The molecule has 0 bridgehead atoms. The smallest absolute Gasteiger partial charge is 0.406 e. The zero-order valence-corrected chi connectivity index (χ0v) is 18.8. The molecule has 0 radical (unpaired) electrons. The van der Waals surface area contributed by atoms with E-state index < -0.39 is 12.0 Å². The number of pyridine rings is 1. The molecule has 2 aromatic rings. The third-order valence-electron chi connectivity index (χ3n) is 5.65. The zero-order valence-electron chi connectivity index (χ0n) is 18.8. The third-order valence-corrected chi connectivity index (χ3v) is 5.65. The van der Waals surface area contributed by atoms with Gasteiger partial charge in [-0.2, -0.15) is 0 Å². The summed E-state index contributed by atoms with van der Waals surface area (Å²) in [6, 6.07) is 7.57. The summed E-state index contributed by atoms with van der Waals surface area (Å²) in [5.74, 6) is 0.546. The Hall–Kier alpha value is -2.74. The number of hydrogen-bond donors (Lipinski definition) is 2. The SMILES string of the molecule is CC/C=C(\CC)c1c(N2CC(C(C)(C)O)C2)ccnc1Nc1ccc(OC(F)(F)F)cc1. The molecule has 2 heterocycles. The van der Waals surface area contributed by atoms with Crippen molar-refractivity contribution < 1.29 is 23.0 Å². The number of hydrogen-bond acceptors (Lipinski definition) is 5. The number of rotatable bonds is 8. The van der Waals surface area contributed by atoms with Crippen LogP contribution in [0.5, 0.6) is 5.75 Å². The van der Waals surface area contributed by atoms with Gasteiger partial charge in [-0.15, -0.1) is 13.2 Å². The molecule has 0 unspecified atom stereocenters. The van der Waals surface area contributed by atoms with Crippen LogP contribution in [0.4, 0.5) is 30.4 Å². The van der Waals surface area contributed by atoms with Crippen LogP contribution in [-0.4, -0.2) is 35.1 Å². The number of ether oxygens (including phenoxy) is 1. The molecule has 32 heavy (non-hydrogen) atoms. The maximum absolute atomic E-state index is 12.4. The highest BCUT2D eigenvalue weighted by atomic mass is 19.4. The molecule has 1 fully saturated rings. The van der Waals surface area contributed by atoms with Gasteiger partial charge in [-0.1, -0.05) is 19.9 Å². The molecule has 0 saturated carbocycles. The Bertz CT molecular complexity index is 944. The van der Waals surface area contributed by atoms with Gasteiger partial charge in [0, 0.05) is 42.1 Å². The van der Waals surface area contributed by atoms with Gasteiger partial charge in [0.1, 0.15) is 11.6 Å². The van der Waals surface area contributed by atoms with E-state index in [9.17, 15) is 18.3 Å². The number of nitrogens with one attached hydrogen (secondary N) is 1. The van der Waals surface area contributed by atoms with Gasteiger partial charge in [0.25, 0.3) is 0 Å². The van der Waals surface area contributed by atoms with Crippen LogP contribution in [0.15, 0.2) is 42.6 Å². The van der Waals surface area contributed by atoms with Crippen molar-refractivity contribution in [2.24, 2.45) is 5.92 Å². The van der Waals surface area contributed by atoms with Crippen molar-refractivity contribution in [1.29, 1.82) is 0 Å². The highest BCUT2D eigenvalue weighted by Crippen LogP contribution is 2.40. The monoisotopic (exact) mass is 449 g/mol. The van der Waals surface area contributed by atoms with E-state index in [0.29, 0.717) is 11.5 Å². The summed E-state index contributed by atoms with van der Waals surface area (Å²) in [5, 5.41) is 13.6. The molecule has 5 nitrogen and oxygen atoms in total. The summed E-state index contributed by atoms with van der Waals surface area (Å²) < 4.78 is 41.2. The molecular formula is C24H30F3N3O2. The molecule has 1 aliphatic rings. The molecule has 8 heteroatoms. The van der Waals surface area contributed by atoms with Gasteiger partial charge in [0.15, 0.2) is 0 Å². The molecule has 174 valence electrons. The molecule has 0 spiro atoms. The molecule has 1 aromatic carbocycles. The molecule has 1 aliphatic heterocycles. The molecule has 0 atom stereocenters. The first-order valence-corrected chi connectivity index (χ1v) is 10.8. The molecule has 1 saturated heterocycles. The van der Waals surface area contributed by atoms with E-state index in [1.165, 1.54) is 24.3 Å². The number of aromatic nitrogens is 1. The fourth-order valence-electron chi connectivity index (χ4n) is 3.79. The first-order valence-electron chi connectivity index (χ1n) is 10.8. The number of anilines is 3. The Kier molecular flexibility index (Phi) is 7.03. The first-order chi connectivity index (χ1) is 15.0. The van der Waals surface area contributed by atoms with Crippen LogP contribution in [-0.2, 0) is 0 Å². The Balaban J connectivity index is 1.91. The van der Waals surface area contributed by atoms with E-state index in [4.69, 9.17) is 0 Å². The van der Waals surface area contributed by atoms with Crippen molar-refractivity contribution in [3.8, 4) is 5.75 Å². The minimum atomic E-state index is -4.73. The number of benzene rings is 1. The van der Waals surface area contributed by atoms with Gasteiger partial charge in [0.2, 0.25) is 0 Å². The highest BCUT2D eigenvalue weighted by Gasteiger charge is 2.38. The molecule has 0 aliphatic carbocycles. The van der Waals surface area contributed by atoms with Gasteiger partial charge >= 0.3 is 6.36 Å². The van der Waals surface area contributed by atoms with Gasteiger partial charge in [0.05, 0.1) is 5.60 Å². The van der Waals surface area contributed by atoms with Crippen molar-refractivity contribution in [3.05, 3.63) is 48.2 Å². The Morgan fingerprint density at radius 3 is 2.38 bits per heavy atom. The van der Waals surface area contributed by atoms with Crippen LogP contribution in [0.1, 0.15) is 46.1 Å². The van der Waals surface area contributed by atoms with Crippen molar-refractivity contribution in [2.75, 3.05) is 23.3 Å². The van der Waals surface area contributed by atoms with E-state index in [1.54, 1.807) is 6.20 Å². The number of halogens is 3. The van der Waals surface area contributed by atoms with Gasteiger partial charge < -0.3 is 20.1 Å². The quantitative estimate of drug-likeness (QED) is 0.507. The van der Waals surface area contributed by atoms with Gasteiger partial charge in [-0.25, -0.2) is 4.98 Å². The third kappa shape index (κ3) is 5.73.